The molecule has 107 heavy (non-hydrogen) atoms. The van der Waals surface area contributed by atoms with Crippen LogP contribution < -0.4 is 0 Å². The number of benzene rings is 15. The lowest BCUT2D eigenvalue weighted by Crippen LogP contribution is -1.99. The standard InChI is InChI=1S/C49H30N4.C29H18ClN3.C21H13/c1-2-11-31(12-3-1)32-22-24-34(25-23-32)47-48(51-42-20-10-28-50-49(42)52-47)40-19-8-18-39-38(40)17-9-21-43(39)53-44-27-26-33-13-6-7-16-37(33)46(44)41-29-35-14-4-5-15-36(35)30-45(41)53;30-25-12-5-9-22-23(25)10-4-11-24(22)28-27(33-29-26(32-28)13-6-18-31-29)21-16-14-20(15-17-21)19-7-2-1-3-8-19;1-2-7-16-13-20-18(11-15(16)6-1)12-17-10-9-14-5-3-4-8-19(14)21(17)20/h1-30H;1-18H;2-11,13H,12H2/q;;+1/i1D,2D,3D,11D,12D;1D,2D,3D,7D,8D;. The summed E-state index contributed by atoms with van der Waals surface area (Å²) in [6.45, 7) is 0. The van der Waals surface area contributed by atoms with E-state index < -0.39 is 12.1 Å². The van der Waals surface area contributed by atoms with Crippen molar-refractivity contribution in [2.75, 3.05) is 0 Å². The first-order chi connectivity index (χ1) is 57.1. The van der Waals surface area contributed by atoms with Gasteiger partial charge in [0.2, 0.25) is 0 Å². The van der Waals surface area contributed by atoms with Gasteiger partial charge in [-0.2, -0.15) is 0 Å². The van der Waals surface area contributed by atoms with Gasteiger partial charge in [0.05, 0.1) is 70.4 Å². The summed E-state index contributed by atoms with van der Waals surface area (Å²) in [5, 5.41) is 14.4. The Hall–Kier alpha value is -13.9. The van der Waals surface area contributed by atoms with Crippen molar-refractivity contribution in [2.24, 2.45) is 0 Å². The molecule has 8 heteroatoms. The van der Waals surface area contributed by atoms with Crippen LogP contribution in [0.5, 0.6) is 0 Å². The van der Waals surface area contributed by atoms with Gasteiger partial charge in [-0.1, -0.05) is 272 Å². The second-order valence-corrected chi connectivity index (χ2v) is 26.9. The molecule has 15 aromatic carbocycles. The second-order valence-electron chi connectivity index (χ2n) is 26.5. The molecule has 0 atom stereocenters. The van der Waals surface area contributed by atoms with Gasteiger partial charge in [0.1, 0.15) is 23.2 Å². The van der Waals surface area contributed by atoms with Gasteiger partial charge < -0.3 is 4.57 Å². The molecular formula is C99H61ClN7+. The molecule has 5 aromatic heterocycles. The van der Waals surface area contributed by atoms with Crippen molar-refractivity contribution < 1.29 is 13.7 Å². The molecule has 2 aliphatic carbocycles. The average molecular weight is 1390 g/mol. The summed E-state index contributed by atoms with van der Waals surface area (Å²) in [5.74, 6) is 0. The van der Waals surface area contributed by atoms with Gasteiger partial charge >= 0.3 is 0 Å². The third-order valence-corrected chi connectivity index (χ3v) is 20.7. The molecule has 0 bridgehead atoms. The largest absolute Gasteiger partial charge is 0.309 e. The predicted molar refractivity (Wildman–Crippen MR) is 446 cm³/mol. The molecule has 0 N–H and O–H groups in total. The number of allylic oxidation sites excluding steroid dienone is 2. The predicted octanol–water partition coefficient (Wildman–Crippen LogP) is 25.7. The molecule has 0 amide bonds. The van der Waals surface area contributed by atoms with Gasteiger partial charge in [-0.05, 0) is 155 Å². The molecule has 22 rings (SSSR count). The Bertz CT molecular complexity index is 7640. The molecule has 0 saturated heterocycles. The zero-order chi connectivity index (χ0) is 79.6. The fraction of sp³-hybridized carbons (Fsp3) is 0.0101. The highest BCUT2D eigenvalue weighted by Crippen LogP contribution is 2.46. The highest BCUT2D eigenvalue weighted by molar-refractivity contribution is 6.36. The number of rotatable bonds is 7. The van der Waals surface area contributed by atoms with E-state index >= 15 is 0 Å². The van der Waals surface area contributed by atoms with E-state index in [9.17, 15) is 0 Å². The first-order valence-corrected chi connectivity index (χ1v) is 35.6. The lowest BCUT2D eigenvalue weighted by molar-refractivity contribution is 1.20. The van der Waals surface area contributed by atoms with Gasteiger partial charge in [0, 0.05) is 73.4 Å². The number of hydrogen-bond acceptors (Lipinski definition) is 6. The van der Waals surface area contributed by atoms with Gasteiger partial charge in [-0.25, -0.2) is 29.9 Å². The van der Waals surface area contributed by atoms with Crippen molar-refractivity contribution in [3.8, 4) is 84.1 Å². The zero-order valence-electron chi connectivity index (χ0n) is 67.0. The van der Waals surface area contributed by atoms with Crippen LogP contribution in [0, 0.1) is 6.08 Å². The maximum atomic E-state index is 8.53. The Morgan fingerprint density at radius 1 is 0.355 bits per heavy atom. The molecule has 5 heterocycles. The van der Waals surface area contributed by atoms with E-state index in [1.165, 1.54) is 76.5 Å². The minimum absolute atomic E-state index is 0.150. The van der Waals surface area contributed by atoms with E-state index in [4.69, 9.17) is 45.2 Å². The third kappa shape index (κ3) is 11.2. The molecule has 0 aliphatic heterocycles. The molecule has 2 aliphatic rings. The first-order valence-electron chi connectivity index (χ1n) is 40.2. The Morgan fingerprint density at radius 3 is 1.54 bits per heavy atom. The van der Waals surface area contributed by atoms with Crippen molar-refractivity contribution in [2.45, 2.75) is 6.42 Å². The van der Waals surface area contributed by atoms with Crippen molar-refractivity contribution in [1.82, 2.24) is 34.5 Å². The van der Waals surface area contributed by atoms with Crippen LogP contribution in [0.15, 0.2) is 346 Å². The highest BCUT2D eigenvalue weighted by atomic mass is 35.5. The molecule has 0 fully saturated rings. The zero-order valence-corrected chi connectivity index (χ0v) is 57.8. The Labute approximate surface area is 636 Å². The number of nitrogens with zero attached hydrogens (tertiary/aromatic N) is 7. The molecule has 0 radical (unpaired) electrons. The fourth-order valence-corrected chi connectivity index (χ4v) is 15.7. The summed E-state index contributed by atoms with van der Waals surface area (Å²) in [4.78, 5) is 29.0. The summed E-state index contributed by atoms with van der Waals surface area (Å²) in [7, 11) is 0. The first kappa shape index (κ1) is 52.9. The molecule has 0 spiro atoms. The van der Waals surface area contributed by atoms with Crippen LogP contribution >= 0.6 is 11.6 Å². The SMILES string of the molecule is [2H]c1c([2H])c([2H])c(-c2ccc(-c3nc4ncccc4nc3-c3cccc4c(-n5c6cc7ccccc7cc6c6c7ccccc7ccc65)cccc34)cc2)c([2H])c1[2H].[2H]c1c([2H])c([2H])c(-c2ccc(-c3nc4ncccc4nc3-c3cccc4c(Cl)cccc34)cc2)c([2H])c1[2H].[C+]1=Cc2cc3c(cc2C=C1)-c1c(ccc2ccccc12)C3. The Balaban J connectivity index is 0.000000127. The van der Waals surface area contributed by atoms with Gasteiger partial charge in [0.25, 0.3) is 0 Å². The van der Waals surface area contributed by atoms with Crippen LogP contribution in [0.1, 0.15) is 36.0 Å². The number of hydrogen-bond donors (Lipinski definition) is 0. The van der Waals surface area contributed by atoms with E-state index in [2.05, 4.69) is 190 Å². The summed E-state index contributed by atoms with van der Waals surface area (Å²) in [6, 6.07) is 86.9. The van der Waals surface area contributed by atoms with Crippen molar-refractivity contribution in [1.29, 1.82) is 0 Å². The highest BCUT2D eigenvalue weighted by Gasteiger charge is 2.26. The smallest absolute Gasteiger partial charge is 0.178 e. The van der Waals surface area contributed by atoms with Crippen LogP contribution in [0.2, 0.25) is 5.02 Å². The van der Waals surface area contributed by atoms with Crippen LogP contribution in [-0.2, 0) is 6.42 Å². The monoisotopic (exact) mass is 1390 g/mol. The maximum Gasteiger partial charge on any atom is 0.178 e. The lowest BCUT2D eigenvalue weighted by Gasteiger charge is -2.16. The molecule has 7 nitrogen and oxygen atoms in total. The molecule has 0 unspecified atom stereocenters. The van der Waals surface area contributed by atoms with E-state index in [0.29, 0.717) is 61.3 Å². The lowest BCUT2D eigenvalue weighted by atomic mass is 9.93. The normalized spacial score (nSPS) is 13.3. The third-order valence-electron chi connectivity index (χ3n) is 20.4. The van der Waals surface area contributed by atoms with Crippen LogP contribution in [0.4, 0.5) is 0 Å². The minimum atomic E-state index is -0.419. The number of fused-ring (bicyclic) bond motifs is 16. The number of pyridine rings is 2. The van der Waals surface area contributed by atoms with E-state index in [-0.39, 0.29) is 59.5 Å². The van der Waals surface area contributed by atoms with Gasteiger partial charge in [-0.15, -0.1) is 0 Å². The van der Waals surface area contributed by atoms with Gasteiger partial charge in [0.15, 0.2) is 11.3 Å². The van der Waals surface area contributed by atoms with E-state index in [1.807, 2.05) is 91.0 Å². The summed E-state index contributed by atoms with van der Waals surface area (Å²) in [5.41, 5.74) is 21.1. The average Bonchev–Trinajstić information content (AvgIpc) is 1.57. The molecular weight excluding hydrogens is 1320 g/mol. The Kier molecular flexibility index (Phi) is 13.1. The van der Waals surface area contributed by atoms with Crippen molar-refractivity contribution >= 4 is 122 Å². The number of halogens is 1. The summed E-state index contributed by atoms with van der Waals surface area (Å²) in [6.07, 6.45) is 13.8. The molecule has 0 saturated carbocycles. The molecule has 498 valence electrons. The second kappa shape index (κ2) is 26.4. The summed E-state index contributed by atoms with van der Waals surface area (Å²) < 4.78 is 84.4. The maximum absolute atomic E-state index is 8.53. The summed E-state index contributed by atoms with van der Waals surface area (Å²) >= 11 is 6.49. The number of aromatic nitrogens is 7. The quantitative estimate of drug-likeness (QED) is 0.148. The van der Waals surface area contributed by atoms with Crippen LogP contribution in [-0.4, -0.2) is 34.5 Å². The topological polar surface area (TPSA) is 82.3 Å². The van der Waals surface area contributed by atoms with Crippen molar-refractivity contribution in [3.63, 3.8) is 0 Å². The van der Waals surface area contributed by atoms with Gasteiger partial charge in [-0.3, -0.25) is 0 Å². The van der Waals surface area contributed by atoms with E-state index in [0.717, 1.165) is 66.9 Å². The van der Waals surface area contributed by atoms with Crippen LogP contribution in [0.25, 0.3) is 194 Å². The van der Waals surface area contributed by atoms with Crippen molar-refractivity contribution in [3.05, 3.63) is 379 Å². The Morgan fingerprint density at radius 2 is 0.888 bits per heavy atom. The fourth-order valence-electron chi connectivity index (χ4n) is 15.4. The van der Waals surface area contributed by atoms with Crippen LogP contribution in [0.3, 0.4) is 0 Å². The minimum Gasteiger partial charge on any atom is -0.309 e. The molecule has 20 aromatic rings. The van der Waals surface area contributed by atoms with E-state index in [1.54, 1.807) is 36.7 Å².